The standard InChI is InChI=1S/C6H16N4/c7-1-2-9-3-5-10(8)6-4-9/h1-8H2. The highest BCUT2D eigenvalue weighted by Gasteiger charge is 2.12. The Labute approximate surface area is 61.7 Å². The van der Waals surface area contributed by atoms with Crippen LogP contribution < -0.4 is 11.6 Å². The normalized spacial score (nSPS) is 23.4. The molecule has 0 amide bonds. The van der Waals surface area contributed by atoms with E-state index in [1.807, 2.05) is 5.01 Å². The highest BCUT2D eigenvalue weighted by molar-refractivity contribution is 4.67. The van der Waals surface area contributed by atoms with Crippen LogP contribution in [0.1, 0.15) is 0 Å². The molecule has 1 rings (SSSR count). The Morgan fingerprint density at radius 3 is 2.20 bits per heavy atom. The van der Waals surface area contributed by atoms with E-state index in [0.29, 0.717) is 0 Å². The first-order chi connectivity index (χ1) is 4.83. The molecule has 1 heterocycles. The molecular formula is C6H16N4. The SMILES string of the molecule is NCCN1CCN(N)CC1. The molecule has 1 aliphatic heterocycles. The van der Waals surface area contributed by atoms with Crippen LogP contribution in [0.3, 0.4) is 0 Å². The topological polar surface area (TPSA) is 58.5 Å². The summed E-state index contributed by atoms with van der Waals surface area (Å²) in [7, 11) is 0. The minimum Gasteiger partial charge on any atom is -0.329 e. The van der Waals surface area contributed by atoms with Gasteiger partial charge in [-0.25, -0.2) is 5.01 Å². The van der Waals surface area contributed by atoms with Crippen molar-refractivity contribution in [3.05, 3.63) is 0 Å². The van der Waals surface area contributed by atoms with E-state index >= 15 is 0 Å². The zero-order valence-electron chi connectivity index (χ0n) is 6.29. The van der Waals surface area contributed by atoms with Gasteiger partial charge >= 0.3 is 0 Å². The average molecular weight is 144 g/mol. The number of rotatable bonds is 2. The predicted molar refractivity (Wildman–Crippen MR) is 41.3 cm³/mol. The molecule has 4 N–H and O–H groups in total. The Bertz CT molecular complexity index is 87.7. The van der Waals surface area contributed by atoms with Crippen molar-refractivity contribution in [1.29, 1.82) is 0 Å². The van der Waals surface area contributed by atoms with E-state index in [-0.39, 0.29) is 0 Å². The molecule has 0 unspecified atom stereocenters. The molecule has 4 nitrogen and oxygen atoms in total. The lowest BCUT2D eigenvalue weighted by Gasteiger charge is -2.31. The van der Waals surface area contributed by atoms with Crippen LogP contribution in [0.4, 0.5) is 0 Å². The molecule has 0 aliphatic carbocycles. The van der Waals surface area contributed by atoms with Gasteiger partial charge in [0.1, 0.15) is 0 Å². The van der Waals surface area contributed by atoms with Crippen molar-refractivity contribution in [1.82, 2.24) is 9.91 Å². The zero-order valence-corrected chi connectivity index (χ0v) is 6.29. The molecule has 0 spiro atoms. The van der Waals surface area contributed by atoms with Gasteiger partial charge in [0.25, 0.3) is 0 Å². The summed E-state index contributed by atoms with van der Waals surface area (Å²) in [5, 5.41) is 1.85. The Morgan fingerprint density at radius 1 is 1.10 bits per heavy atom. The lowest BCUT2D eigenvalue weighted by molar-refractivity contribution is 0.136. The van der Waals surface area contributed by atoms with Crippen molar-refractivity contribution in [2.45, 2.75) is 0 Å². The molecule has 0 aromatic heterocycles. The van der Waals surface area contributed by atoms with Crippen LogP contribution in [-0.4, -0.2) is 49.2 Å². The Hall–Kier alpha value is -0.160. The third kappa shape index (κ3) is 2.22. The Morgan fingerprint density at radius 2 is 1.70 bits per heavy atom. The van der Waals surface area contributed by atoms with Gasteiger partial charge < -0.3 is 5.73 Å². The van der Waals surface area contributed by atoms with Gasteiger partial charge in [-0.2, -0.15) is 0 Å². The summed E-state index contributed by atoms with van der Waals surface area (Å²) in [6.07, 6.45) is 0. The summed E-state index contributed by atoms with van der Waals surface area (Å²) in [5.41, 5.74) is 5.41. The fraction of sp³-hybridized carbons (Fsp3) is 1.00. The van der Waals surface area contributed by atoms with E-state index in [2.05, 4.69) is 4.90 Å². The molecular weight excluding hydrogens is 128 g/mol. The fourth-order valence-corrected chi connectivity index (χ4v) is 1.17. The van der Waals surface area contributed by atoms with Crippen LogP contribution >= 0.6 is 0 Å². The van der Waals surface area contributed by atoms with Crippen LogP contribution in [0.2, 0.25) is 0 Å². The van der Waals surface area contributed by atoms with Gasteiger partial charge in [0, 0.05) is 39.3 Å². The van der Waals surface area contributed by atoms with Crippen LogP contribution in [-0.2, 0) is 0 Å². The van der Waals surface area contributed by atoms with Gasteiger partial charge in [-0.05, 0) is 0 Å². The maximum atomic E-state index is 5.57. The van der Waals surface area contributed by atoms with Crippen LogP contribution in [0.15, 0.2) is 0 Å². The lowest BCUT2D eigenvalue weighted by Crippen LogP contribution is -2.50. The second-order valence-electron chi connectivity index (χ2n) is 2.67. The van der Waals surface area contributed by atoms with E-state index < -0.39 is 0 Å². The highest BCUT2D eigenvalue weighted by Crippen LogP contribution is 1.94. The first-order valence-corrected chi connectivity index (χ1v) is 3.75. The Kier molecular flexibility index (Phi) is 3.08. The summed E-state index contributed by atoms with van der Waals surface area (Å²) < 4.78 is 0. The maximum Gasteiger partial charge on any atom is 0.0257 e. The largest absolute Gasteiger partial charge is 0.329 e. The molecule has 0 atom stereocenters. The van der Waals surface area contributed by atoms with Crippen molar-refractivity contribution in [3.8, 4) is 0 Å². The number of nitrogens with zero attached hydrogens (tertiary/aromatic N) is 2. The lowest BCUT2D eigenvalue weighted by atomic mass is 10.3. The average Bonchev–Trinajstić information content (AvgIpc) is 1.95. The van der Waals surface area contributed by atoms with E-state index in [4.69, 9.17) is 11.6 Å². The van der Waals surface area contributed by atoms with Crippen molar-refractivity contribution in [2.24, 2.45) is 11.6 Å². The van der Waals surface area contributed by atoms with Gasteiger partial charge in [-0.1, -0.05) is 0 Å². The van der Waals surface area contributed by atoms with Gasteiger partial charge in [0.2, 0.25) is 0 Å². The summed E-state index contributed by atoms with van der Waals surface area (Å²) in [6.45, 7) is 5.83. The summed E-state index contributed by atoms with van der Waals surface area (Å²) in [6, 6.07) is 0. The molecule has 1 saturated heterocycles. The predicted octanol–water partition coefficient (Wildman–Crippen LogP) is -1.56. The minimum absolute atomic E-state index is 0.755. The number of hydrazine groups is 1. The van der Waals surface area contributed by atoms with Gasteiger partial charge in [-0.15, -0.1) is 0 Å². The quantitative estimate of drug-likeness (QED) is 0.460. The van der Waals surface area contributed by atoms with Crippen molar-refractivity contribution < 1.29 is 0 Å². The van der Waals surface area contributed by atoms with E-state index in [9.17, 15) is 0 Å². The summed E-state index contributed by atoms with van der Waals surface area (Å²) >= 11 is 0. The van der Waals surface area contributed by atoms with Crippen molar-refractivity contribution in [3.63, 3.8) is 0 Å². The molecule has 0 saturated carbocycles. The number of piperazine rings is 1. The maximum absolute atomic E-state index is 5.57. The summed E-state index contributed by atoms with van der Waals surface area (Å²) in [5.74, 6) is 5.57. The van der Waals surface area contributed by atoms with Crippen molar-refractivity contribution >= 4 is 0 Å². The van der Waals surface area contributed by atoms with Crippen LogP contribution in [0.25, 0.3) is 0 Å². The molecule has 10 heavy (non-hydrogen) atoms. The van der Waals surface area contributed by atoms with Crippen molar-refractivity contribution in [2.75, 3.05) is 39.3 Å². The third-order valence-corrected chi connectivity index (χ3v) is 1.85. The van der Waals surface area contributed by atoms with Gasteiger partial charge in [0.15, 0.2) is 0 Å². The smallest absolute Gasteiger partial charge is 0.0257 e. The first-order valence-electron chi connectivity index (χ1n) is 3.75. The van der Waals surface area contributed by atoms with Crippen LogP contribution in [0.5, 0.6) is 0 Å². The third-order valence-electron chi connectivity index (χ3n) is 1.85. The second kappa shape index (κ2) is 3.88. The molecule has 4 heteroatoms. The van der Waals surface area contributed by atoms with Crippen LogP contribution in [0, 0.1) is 0 Å². The molecule has 0 bridgehead atoms. The molecule has 0 aromatic rings. The summed E-state index contributed by atoms with van der Waals surface area (Å²) in [4.78, 5) is 2.34. The number of hydrogen-bond acceptors (Lipinski definition) is 4. The molecule has 1 aliphatic rings. The molecule has 1 fully saturated rings. The number of hydrogen-bond donors (Lipinski definition) is 2. The monoisotopic (exact) mass is 144 g/mol. The highest BCUT2D eigenvalue weighted by atomic mass is 15.4. The number of nitrogens with two attached hydrogens (primary N) is 2. The molecule has 0 aromatic carbocycles. The minimum atomic E-state index is 0.755. The van der Waals surface area contributed by atoms with Gasteiger partial charge in [-0.3, -0.25) is 10.7 Å². The van der Waals surface area contributed by atoms with Gasteiger partial charge in [0.05, 0.1) is 0 Å². The first kappa shape index (κ1) is 7.94. The fourth-order valence-electron chi connectivity index (χ4n) is 1.17. The van der Waals surface area contributed by atoms with E-state index in [0.717, 1.165) is 39.3 Å². The van der Waals surface area contributed by atoms with E-state index in [1.54, 1.807) is 0 Å². The second-order valence-corrected chi connectivity index (χ2v) is 2.67. The van der Waals surface area contributed by atoms with E-state index in [1.165, 1.54) is 0 Å². The molecule has 60 valence electrons. The zero-order chi connectivity index (χ0) is 7.40. The molecule has 0 radical (unpaired) electrons. The Balaban J connectivity index is 2.13.